The van der Waals surface area contributed by atoms with Gasteiger partial charge in [-0.15, -0.1) is 6.42 Å². The summed E-state index contributed by atoms with van der Waals surface area (Å²) < 4.78 is 5.09. The normalized spacial score (nSPS) is 9.88. The van der Waals surface area contributed by atoms with Crippen molar-refractivity contribution in [1.29, 1.82) is 0 Å². The van der Waals surface area contributed by atoms with Gasteiger partial charge in [-0.2, -0.15) is 0 Å². The van der Waals surface area contributed by atoms with E-state index >= 15 is 0 Å². The molecular weight excluding hydrogens is 352 g/mol. The molecule has 0 spiro atoms. The van der Waals surface area contributed by atoms with Gasteiger partial charge in [-0.3, -0.25) is 14.5 Å². The van der Waals surface area contributed by atoms with Crippen LogP contribution in [0.4, 0.5) is 5.69 Å². The predicted octanol–water partition coefficient (Wildman–Crippen LogP) is 2.67. The molecule has 0 aromatic heterocycles. The Bertz CT molecular complexity index is 816. The van der Waals surface area contributed by atoms with Crippen LogP contribution in [-0.4, -0.2) is 32.0 Å². The largest absolute Gasteiger partial charge is 0.495 e. The summed E-state index contributed by atoms with van der Waals surface area (Å²) in [6.07, 6.45) is 5.92. The molecule has 0 aliphatic heterocycles. The van der Waals surface area contributed by atoms with E-state index in [4.69, 9.17) is 22.8 Å². The Kier molecular flexibility index (Phi) is 7.07. The van der Waals surface area contributed by atoms with E-state index in [-0.39, 0.29) is 12.5 Å². The molecule has 6 heteroatoms. The molecule has 0 heterocycles. The Morgan fingerprint density at radius 3 is 2.58 bits per heavy atom. The molecule has 26 heavy (non-hydrogen) atoms. The summed E-state index contributed by atoms with van der Waals surface area (Å²) >= 11 is 6.09. The third-order valence-corrected chi connectivity index (χ3v) is 3.99. The third kappa shape index (κ3) is 5.27. The quantitative estimate of drug-likeness (QED) is 0.762. The van der Waals surface area contributed by atoms with Crippen molar-refractivity contribution in [3.8, 4) is 18.1 Å². The van der Waals surface area contributed by atoms with Gasteiger partial charge in [0.05, 0.1) is 12.1 Å². The van der Waals surface area contributed by atoms with Crippen molar-refractivity contribution >= 4 is 29.1 Å². The number of amides is 2. The highest BCUT2D eigenvalue weighted by Crippen LogP contribution is 2.29. The average molecular weight is 371 g/mol. The van der Waals surface area contributed by atoms with Crippen molar-refractivity contribution < 1.29 is 14.3 Å². The van der Waals surface area contributed by atoms with Crippen molar-refractivity contribution in [2.45, 2.75) is 6.42 Å². The first kappa shape index (κ1) is 19.4. The first-order chi connectivity index (χ1) is 12.5. The van der Waals surface area contributed by atoms with Crippen LogP contribution >= 0.6 is 11.6 Å². The summed E-state index contributed by atoms with van der Waals surface area (Å²) in [7, 11) is 1.49. The number of ether oxygens (including phenoxy) is 1. The highest BCUT2D eigenvalue weighted by Gasteiger charge is 2.18. The fourth-order valence-corrected chi connectivity index (χ4v) is 2.62. The number of anilines is 1. The van der Waals surface area contributed by atoms with E-state index in [9.17, 15) is 9.59 Å². The van der Waals surface area contributed by atoms with E-state index in [1.807, 2.05) is 36.3 Å². The number of rotatable bonds is 7. The summed E-state index contributed by atoms with van der Waals surface area (Å²) in [5, 5.41) is 3.11. The zero-order valence-electron chi connectivity index (χ0n) is 14.4. The van der Waals surface area contributed by atoms with Crippen LogP contribution in [0.1, 0.15) is 5.56 Å². The van der Waals surface area contributed by atoms with Gasteiger partial charge in [0.25, 0.3) is 0 Å². The van der Waals surface area contributed by atoms with E-state index in [0.717, 1.165) is 5.56 Å². The fraction of sp³-hybridized carbons (Fsp3) is 0.200. The van der Waals surface area contributed by atoms with Crippen molar-refractivity contribution in [1.82, 2.24) is 5.32 Å². The summed E-state index contributed by atoms with van der Waals surface area (Å²) in [6.45, 7) is 0.269. The minimum absolute atomic E-state index is 0.194. The van der Waals surface area contributed by atoms with Crippen LogP contribution in [0.25, 0.3) is 0 Å². The lowest BCUT2D eigenvalue weighted by Gasteiger charge is -2.20. The van der Waals surface area contributed by atoms with Crippen LogP contribution in [0, 0.1) is 12.3 Å². The molecule has 0 aliphatic rings. The number of hydrogen-bond donors (Lipinski definition) is 1. The van der Waals surface area contributed by atoms with Gasteiger partial charge < -0.3 is 10.1 Å². The fourth-order valence-electron chi connectivity index (χ4n) is 2.37. The van der Waals surface area contributed by atoms with Crippen molar-refractivity contribution in [2.24, 2.45) is 0 Å². The van der Waals surface area contributed by atoms with Crippen molar-refractivity contribution in [2.75, 3.05) is 25.1 Å². The molecule has 0 aliphatic carbocycles. The van der Waals surface area contributed by atoms with E-state index in [2.05, 4.69) is 5.32 Å². The van der Waals surface area contributed by atoms with Gasteiger partial charge >= 0.3 is 5.91 Å². The maximum atomic E-state index is 12.2. The van der Waals surface area contributed by atoms with Gasteiger partial charge in [0, 0.05) is 12.2 Å². The molecule has 2 rings (SSSR count). The second kappa shape index (κ2) is 9.50. The second-order valence-electron chi connectivity index (χ2n) is 5.44. The molecule has 0 unspecified atom stereocenters. The maximum absolute atomic E-state index is 12.2. The van der Waals surface area contributed by atoms with Crippen molar-refractivity contribution in [3.05, 3.63) is 59.1 Å². The van der Waals surface area contributed by atoms with E-state index in [1.165, 1.54) is 18.1 Å². The smallest absolute Gasteiger partial charge is 0.303 e. The maximum Gasteiger partial charge on any atom is 0.303 e. The van der Waals surface area contributed by atoms with E-state index in [1.54, 1.807) is 12.1 Å². The van der Waals surface area contributed by atoms with Gasteiger partial charge in [0.1, 0.15) is 12.3 Å². The molecule has 0 saturated carbocycles. The number of benzene rings is 2. The zero-order valence-corrected chi connectivity index (χ0v) is 15.1. The molecule has 2 amide bonds. The van der Waals surface area contributed by atoms with Crippen LogP contribution in [0.2, 0.25) is 5.02 Å². The minimum atomic E-state index is -0.621. The number of nitrogens with one attached hydrogen (secondary N) is 1. The zero-order chi connectivity index (χ0) is 18.9. The lowest BCUT2D eigenvalue weighted by atomic mass is 10.1. The molecule has 5 nitrogen and oxygen atoms in total. The highest BCUT2D eigenvalue weighted by atomic mass is 35.5. The number of terminal acetylenes is 1. The van der Waals surface area contributed by atoms with Gasteiger partial charge in [-0.1, -0.05) is 41.9 Å². The number of hydrogen-bond acceptors (Lipinski definition) is 3. The van der Waals surface area contributed by atoms with E-state index < -0.39 is 5.91 Å². The summed E-state index contributed by atoms with van der Waals surface area (Å²) in [5.74, 6) is 1.57. The monoisotopic (exact) mass is 370 g/mol. The van der Waals surface area contributed by atoms with Crippen LogP contribution in [0.15, 0.2) is 48.5 Å². The molecule has 2 aromatic rings. The lowest BCUT2D eigenvalue weighted by Crippen LogP contribution is -2.41. The van der Waals surface area contributed by atoms with Gasteiger partial charge in [-0.25, -0.2) is 0 Å². The topological polar surface area (TPSA) is 58.6 Å². The Morgan fingerprint density at radius 1 is 1.23 bits per heavy atom. The number of carbonyl (C=O) groups is 2. The number of methoxy groups -OCH3 is 1. The Labute approximate surface area is 157 Å². The molecule has 0 bridgehead atoms. The molecule has 0 radical (unpaired) electrons. The van der Waals surface area contributed by atoms with E-state index in [0.29, 0.717) is 29.4 Å². The number of nitrogens with zero attached hydrogens (tertiary/aromatic N) is 1. The van der Waals surface area contributed by atoms with Crippen LogP contribution < -0.4 is 15.0 Å². The van der Waals surface area contributed by atoms with Crippen molar-refractivity contribution in [3.63, 3.8) is 0 Å². The lowest BCUT2D eigenvalue weighted by molar-refractivity contribution is -0.122. The van der Waals surface area contributed by atoms with Gasteiger partial charge in [0.15, 0.2) is 0 Å². The first-order valence-electron chi connectivity index (χ1n) is 7.97. The molecule has 1 N–H and O–H groups in total. The molecule has 0 saturated heterocycles. The average Bonchev–Trinajstić information content (AvgIpc) is 2.66. The second-order valence-corrected chi connectivity index (χ2v) is 5.85. The Balaban J connectivity index is 2.01. The first-order valence-corrected chi connectivity index (χ1v) is 8.35. The molecule has 0 atom stereocenters. The number of carbonyl (C=O) groups excluding carboxylic acids is 2. The molecular formula is C20H19ClN2O3. The summed E-state index contributed by atoms with van der Waals surface area (Å²) in [6, 6.07) is 14.6. The Hall–Kier alpha value is -2.97. The highest BCUT2D eigenvalue weighted by molar-refractivity contribution is 6.32. The summed E-state index contributed by atoms with van der Waals surface area (Å²) in [5.41, 5.74) is 1.54. The molecule has 134 valence electrons. The third-order valence-electron chi connectivity index (χ3n) is 3.70. The minimum Gasteiger partial charge on any atom is -0.495 e. The molecule has 0 fully saturated rings. The number of halogens is 1. The van der Waals surface area contributed by atoms with Gasteiger partial charge in [-0.05, 0) is 36.1 Å². The van der Waals surface area contributed by atoms with Crippen LogP contribution in [0.5, 0.6) is 5.75 Å². The van der Waals surface area contributed by atoms with Crippen LogP contribution in [-0.2, 0) is 16.0 Å². The SMILES string of the molecule is C#CC(=O)N(CC(=O)NCCc1ccccc1)c1ccc(OC)c(Cl)c1. The predicted molar refractivity (Wildman–Crippen MR) is 102 cm³/mol. The molecule has 2 aromatic carbocycles. The standard InChI is InChI=1S/C20H19ClN2O3/c1-3-20(25)23(16-9-10-18(26-2)17(21)13-16)14-19(24)22-12-11-15-7-5-4-6-8-15/h1,4-10,13H,11-12,14H2,2H3,(H,22,24). The van der Waals surface area contributed by atoms with Gasteiger partial charge in [0.2, 0.25) is 5.91 Å². The summed E-state index contributed by atoms with van der Waals surface area (Å²) in [4.78, 5) is 25.5. The van der Waals surface area contributed by atoms with Crippen LogP contribution in [0.3, 0.4) is 0 Å². The Morgan fingerprint density at radius 2 is 1.96 bits per heavy atom.